The Kier molecular flexibility index (Phi) is 6.66. The van der Waals surface area contributed by atoms with Gasteiger partial charge in [-0.3, -0.25) is 0 Å². The molecule has 0 atom stereocenters. The van der Waals surface area contributed by atoms with E-state index in [0.29, 0.717) is 11.8 Å². The van der Waals surface area contributed by atoms with Crippen molar-refractivity contribution in [3.8, 4) is 0 Å². The molecule has 0 saturated heterocycles. The van der Waals surface area contributed by atoms with Gasteiger partial charge in [-0.2, -0.15) is 0 Å². The molecule has 0 fully saturated rings. The Hall–Kier alpha value is -0.740. The van der Waals surface area contributed by atoms with Crippen molar-refractivity contribution >= 4 is 22.7 Å². The predicted molar refractivity (Wildman–Crippen MR) is 86.5 cm³/mol. The van der Waals surface area contributed by atoms with Crippen molar-refractivity contribution in [1.82, 2.24) is 9.97 Å². The van der Waals surface area contributed by atoms with Crippen molar-refractivity contribution in [2.45, 2.75) is 59.8 Å². The molecular formula is C15H24N2S2. The minimum atomic E-state index is 0.587. The molecule has 0 aliphatic heterocycles. The third-order valence-corrected chi connectivity index (χ3v) is 5.01. The van der Waals surface area contributed by atoms with Gasteiger partial charge in [0.25, 0.3) is 0 Å². The molecule has 0 aliphatic carbocycles. The van der Waals surface area contributed by atoms with Crippen molar-refractivity contribution in [1.29, 1.82) is 0 Å². The van der Waals surface area contributed by atoms with E-state index in [1.54, 1.807) is 22.7 Å². The van der Waals surface area contributed by atoms with Crippen LogP contribution >= 0.6 is 22.7 Å². The molecule has 0 saturated carbocycles. The molecule has 0 N–H and O–H groups in total. The molecule has 0 unspecified atom stereocenters. The molecule has 0 radical (unpaired) electrons. The van der Waals surface area contributed by atoms with Crippen LogP contribution in [0.3, 0.4) is 0 Å². The summed E-state index contributed by atoms with van der Waals surface area (Å²) in [5.41, 5.74) is 2.37. The minimum absolute atomic E-state index is 0.587. The Morgan fingerprint density at radius 2 is 1.47 bits per heavy atom. The van der Waals surface area contributed by atoms with E-state index in [1.165, 1.54) is 15.7 Å². The van der Waals surface area contributed by atoms with Gasteiger partial charge in [-0.1, -0.05) is 34.6 Å². The lowest BCUT2D eigenvalue weighted by atomic mass is 10.2. The summed E-state index contributed by atoms with van der Waals surface area (Å²) in [6, 6.07) is 0. The number of rotatable bonds is 3. The van der Waals surface area contributed by atoms with Gasteiger partial charge in [0.1, 0.15) is 0 Å². The van der Waals surface area contributed by atoms with E-state index in [-0.39, 0.29) is 0 Å². The predicted octanol–water partition coefficient (Wildman–Crippen LogP) is 5.40. The first-order valence-corrected chi connectivity index (χ1v) is 8.56. The quantitative estimate of drug-likeness (QED) is 0.757. The van der Waals surface area contributed by atoms with Crippen molar-refractivity contribution in [3.63, 3.8) is 0 Å². The SMILES string of the molecule is CCc1csc(C(C)C)n1.Cc1csc(C(C)C)n1. The first-order valence-electron chi connectivity index (χ1n) is 6.80. The van der Waals surface area contributed by atoms with Crippen LogP contribution in [0.25, 0.3) is 0 Å². The van der Waals surface area contributed by atoms with Crippen LogP contribution in [0.15, 0.2) is 10.8 Å². The standard InChI is InChI=1S/C8H13NS.C7H11NS/c1-4-7-5-10-8(9-7)6(2)3;1-5(2)7-8-6(3)4-9-7/h5-6H,4H2,1-3H3;4-5H,1-3H3. The number of aryl methyl sites for hydroxylation is 2. The largest absolute Gasteiger partial charge is 0.246 e. The maximum absolute atomic E-state index is 4.45. The fourth-order valence-corrected chi connectivity index (χ4v) is 3.12. The zero-order chi connectivity index (χ0) is 14.4. The number of hydrogen-bond donors (Lipinski definition) is 0. The molecule has 4 heteroatoms. The molecule has 19 heavy (non-hydrogen) atoms. The molecule has 0 spiro atoms. The van der Waals surface area contributed by atoms with E-state index in [2.05, 4.69) is 55.3 Å². The molecule has 2 rings (SSSR count). The molecule has 0 aromatic carbocycles. The van der Waals surface area contributed by atoms with E-state index < -0.39 is 0 Å². The van der Waals surface area contributed by atoms with Crippen LogP contribution in [-0.4, -0.2) is 9.97 Å². The van der Waals surface area contributed by atoms with Crippen LogP contribution in [0.1, 0.15) is 67.9 Å². The maximum atomic E-state index is 4.45. The normalized spacial score (nSPS) is 10.7. The summed E-state index contributed by atoms with van der Waals surface area (Å²) in [5, 5.41) is 6.74. The molecular weight excluding hydrogens is 272 g/mol. The lowest BCUT2D eigenvalue weighted by molar-refractivity contribution is 0.840. The van der Waals surface area contributed by atoms with Crippen LogP contribution in [0.2, 0.25) is 0 Å². The van der Waals surface area contributed by atoms with E-state index in [9.17, 15) is 0 Å². The van der Waals surface area contributed by atoms with Crippen molar-refractivity contribution in [2.75, 3.05) is 0 Å². The van der Waals surface area contributed by atoms with Gasteiger partial charge in [-0.25, -0.2) is 9.97 Å². The fraction of sp³-hybridized carbons (Fsp3) is 0.600. The average molecular weight is 297 g/mol. The molecule has 2 aromatic rings. The van der Waals surface area contributed by atoms with Crippen molar-refractivity contribution < 1.29 is 0 Å². The van der Waals surface area contributed by atoms with Crippen LogP contribution in [0.5, 0.6) is 0 Å². The summed E-state index contributed by atoms with van der Waals surface area (Å²) >= 11 is 3.52. The zero-order valence-corrected chi connectivity index (χ0v) is 14.4. The smallest absolute Gasteiger partial charge is 0.0953 e. The summed E-state index contributed by atoms with van der Waals surface area (Å²) in [5.74, 6) is 1.17. The fourth-order valence-electron chi connectivity index (χ4n) is 1.39. The van der Waals surface area contributed by atoms with E-state index in [1.807, 2.05) is 6.92 Å². The Bertz CT molecular complexity index is 484. The number of thiazole rings is 2. The van der Waals surface area contributed by atoms with Crippen LogP contribution in [0, 0.1) is 6.92 Å². The third-order valence-electron chi connectivity index (χ3n) is 2.56. The summed E-state index contributed by atoms with van der Waals surface area (Å²) in [6.07, 6.45) is 1.06. The highest BCUT2D eigenvalue weighted by Crippen LogP contribution is 2.19. The number of nitrogens with zero attached hydrogens (tertiary/aromatic N) is 2. The van der Waals surface area contributed by atoms with E-state index in [4.69, 9.17) is 0 Å². The maximum Gasteiger partial charge on any atom is 0.0953 e. The molecule has 2 aromatic heterocycles. The molecule has 0 bridgehead atoms. The lowest BCUT2D eigenvalue weighted by Gasteiger charge is -1.95. The van der Waals surface area contributed by atoms with Gasteiger partial charge in [0.05, 0.1) is 15.7 Å². The highest BCUT2D eigenvalue weighted by Gasteiger charge is 2.03. The lowest BCUT2D eigenvalue weighted by Crippen LogP contribution is -1.86. The average Bonchev–Trinajstić information content (AvgIpc) is 2.97. The van der Waals surface area contributed by atoms with Gasteiger partial charge >= 0.3 is 0 Å². The van der Waals surface area contributed by atoms with Gasteiger partial charge in [-0.05, 0) is 13.3 Å². The Morgan fingerprint density at radius 1 is 0.947 bits per heavy atom. The second kappa shape index (κ2) is 7.75. The second-order valence-corrected chi connectivity index (χ2v) is 6.95. The Labute approximate surface area is 124 Å². The minimum Gasteiger partial charge on any atom is -0.246 e. The summed E-state index contributed by atoms with van der Waals surface area (Å²) in [7, 11) is 0. The van der Waals surface area contributed by atoms with Gasteiger partial charge in [-0.15, -0.1) is 22.7 Å². The summed E-state index contributed by atoms with van der Waals surface area (Å²) in [6.45, 7) is 12.9. The second-order valence-electron chi connectivity index (χ2n) is 5.17. The van der Waals surface area contributed by atoms with Gasteiger partial charge < -0.3 is 0 Å². The van der Waals surface area contributed by atoms with Gasteiger partial charge in [0.15, 0.2) is 0 Å². The van der Waals surface area contributed by atoms with E-state index in [0.717, 1.165) is 12.1 Å². The molecule has 0 aliphatic rings. The first-order chi connectivity index (χ1) is 8.93. The van der Waals surface area contributed by atoms with Gasteiger partial charge in [0, 0.05) is 28.3 Å². The third kappa shape index (κ3) is 5.41. The molecule has 2 nitrogen and oxygen atoms in total. The zero-order valence-electron chi connectivity index (χ0n) is 12.7. The molecule has 106 valence electrons. The highest BCUT2D eigenvalue weighted by atomic mass is 32.1. The summed E-state index contributed by atoms with van der Waals surface area (Å²) in [4.78, 5) is 8.78. The van der Waals surface area contributed by atoms with E-state index >= 15 is 0 Å². The first kappa shape index (κ1) is 16.3. The monoisotopic (exact) mass is 296 g/mol. The van der Waals surface area contributed by atoms with Crippen LogP contribution in [-0.2, 0) is 6.42 Å². The Balaban J connectivity index is 0.000000191. The topological polar surface area (TPSA) is 25.8 Å². The van der Waals surface area contributed by atoms with Gasteiger partial charge in [0.2, 0.25) is 0 Å². The van der Waals surface area contributed by atoms with Crippen LogP contribution < -0.4 is 0 Å². The highest BCUT2D eigenvalue weighted by molar-refractivity contribution is 7.10. The summed E-state index contributed by atoms with van der Waals surface area (Å²) < 4.78 is 0. The Morgan fingerprint density at radius 3 is 1.74 bits per heavy atom. The van der Waals surface area contributed by atoms with Crippen molar-refractivity contribution in [3.05, 3.63) is 32.2 Å². The number of aromatic nitrogens is 2. The molecule has 0 amide bonds. The van der Waals surface area contributed by atoms with Crippen LogP contribution in [0.4, 0.5) is 0 Å². The van der Waals surface area contributed by atoms with Crippen molar-refractivity contribution in [2.24, 2.45) is 0 Å². The molecule has 2 heterocycles. The number of hydrogen-bond acceptors (Lipinski definition) is 4.